The maximum Gasteiger partial charge on any atom is 0.416 e. The summed E-state index contributed by atoms with van der Waals surface area (Å²) in [6.07, 6.45) is -4.39. The van der Waals surface area contributed by atoms with Crippen molar-refractivity contribution < 1.29 is 17.7 Å². The maximum absolute atomic E-state index is 12.8. The zero-order valence-electron chi connectivity index (χ0n) is 13.6. The molecule has 26 heavy (non-hydrogen) atoms. The molecule has 0 aliphatic carbocycles. The van der Waals surface area contributed by atoms with Gasteiger partial charge in [-0.3, -0.25) is 0 Å². The van der Waals surface area contributed by atoms with E-state index in [0.29, 0.717) is 33.9 Å². The molecule has 0 saturated carbocycles. The predicted octanol–water partition coefficient (Wildman–Crippen LogP) is 5.28. The quantitative estimate of drug-likeness (QED) is 0.491. The number of rotatable bonds is 2. The summed E-state index contributed by atoms with van der Waals surface area (Å²) < 4.78 is 43.8. The standard InChI is InChI=1S/C19H12F3N3O/c1-11-15-17(26-25-11)16(12-7-9-14(10-8-12)19(20,21)22)24-18(23-15)13-5-3-2-4-6-13/h2-10H,1H3. The van der Waals surface area contributed by atoms with Gasteiger partial charge in [0.1, 0.15) is 16.9 Å². The van der Waals surface area contributed by atoms with Crippen LogP contribution in [0.4, 0.5) is 13.2 Å². The number of alkyl halides is 3. The summed E-state index contributed by atoms with van der Waals surface area (Å²) in [5.41, 5.74) is 2.46. The van der Waals surface area contributed by atoms with Crippen LogP contribution in [0.3, 0.4) is 0 Å². The van der Waals surface area contributed by atoms with Crippen molar-refractivity contribution in [2.45, 2.75) is 13.1 Å². The summed E-state index contributed by atoms with van der Waals surface area (Å²) in [7, 11) is 0. The van der Waals surface area contributed by atoms with Crippen molar-refractivity contribution in [2.24, 2.45) is 0 Å². The number of aryl methyl sites for hydroxylation is 1. The number of benzene rings is 2. The Bertz CT molecular complexity index is 1070. The van der Waals surface area contributed by atoms with Gasteiger partial charge >= 0.3 is 6.18 Å². The summed E-state index contributed by atoms with van der Waals surface area (Å²) in [4.78, 5) is 9.02. The monoisotopic (exact) mass is 355 g/mol. The number of hydrogen-bond acceptors (Lipinski definition) is 4. The highest BCUT2D eigenvalue weighted by Crippen LogP contribution is 2.33. The van der Waals surface area contributed by atoms with Gasteiger partial charge in [-0.15, -0.1) is 0 Å². The van der Waals surface area contributed by atoms with Gasteiger partial charge < -0.3 is 4.52 Å². The van der Waals surface area contributed by atoms with Crippen molar-refractivity contribution >= 4 is 11.1 Å². The second-order valence-electron chi connectivity index (χ2n) is 5.78. The zero-order valence-corrected chi connectivity index (χ0v) is 13.6. The SMILES string of the molecule is Cc1noc2c(-c3ccc(C(F)(F)F)cc3)nc(-c3ccccc3)nc12. The van der Waals surface area contributed by atoms with Crippen molar-refractivity contribution in [3.8, 4) is 22.6 Å². The Morgan fingerprint density at radius 3 is 2.19 bits per heavy atom. The molecule has 0 spiro atoms. The van der Waals surface area contributed by atoms with Crippen LogP contribution in [-0.2, 0) is 6.18 Å². The maximum atomic E-state index is 12.8. The van der Waals surface area contributed by atoms with Crippen LogP contribution in [0.5, 0.6) is 0 Å². The molecule has 0 aliphatic heterocycles. The average Bonchev–Trinajstić information content (AvgIpc) is 3.02. The van der Waals surface area contributed by atoms with Crippen LogP contribution >= 0.6 is 0 Å². The van der Waals surface area contributed by atoms with E-state index in [1.807, 2.05) is 30.3 Å². The summed E-state index contributed by atoms with van der Waals surface area (Å²) in [6.45, 7) is 1.75. The van der Waals surface area contributed by atoms with E-state index >= 15 is 0 Å². The normalized spacial score (nSPS) is 11.8. The fraction of sp³-hybridized carbons (Fsp3) is 0.105. The van der Waals surface area contributed by atoms with Crippen molar-refractivity contribution in [2.75, 3.05) is 0 Å². The van der Waals surface area contributed by atoms with E-state index < -0.39 is 11.7 Å². The van der Waals surface area contributed by atoms with Gasteiger partial charge in [0.05, 0.1) is 5.56 Å². The molecule has 0 aliphatic rings. The van der Waals surface area contributed by atoms with E-state index in [2.05, 4.69) is 15.1 Å². The number of halogens is 3. The molecule has 4 nitrogen and oxygen atoms in total. The number of nitrogens with zero attached hydrogens (tertiary/aromatic N) is 3. The molecule has 2 aromatic heterocycles. The second kappa shape index (κ2) is 5.94. The Morgan fingerprint density at radius 1 is 0.846 bits per heavy atom. The predicted molar refractivity (Wildman–Crippen MR) is 90.2 cm³/mol. The third kappa shape index (κ3) is 2.81. The van der Waals surface area contributed by atoms with E-state index in [4.69, 9.17) is 4.52 Å². The molecule has 0 radical (unpaired) electrons. The van der Waals surface area contributed by atoms with Gasteiger partial charge in [0, 0.05) is 11.1 Å². The van der Waals surface area contributed by atoms with Gasteiger partial charge in [-0.25, -0.2) is 9.97 Å². The molecule has 0 bridgehead atoms. The Labute approximate surface area is 146 Å². The fourth-order valence-electron chi connectivity index (χ4n) is 2.67. The second-order valence-corrected chi connectivity index (χ2v) is 5.78. The topological polar surface area (TPSA) is 51.8 Å². The fourth-order valence-corrected chi connectivity index (χ4v) is 2.67. The Morgan fingerprint density at radius 2 is 1.54 bits per heavy atom. The Hall–Kier alpha value is -3.22. The molecular weight excluding hydrogens is 343 g/mol. The van der Waals surface area contributed by atoms with Crippen LogP contribution < -0.4 is 0 Å². The lowest BCUT2D eigenvalue weighted by Gasteiger charge is -2.08. The number of fused-ring (bicyclic) bond motifs is 1. The number of aromatic nitrogens is 3. The summed E-state index contributed by atoms with van der Waals surface area (Å²) in [5, 5.41) is 3.92. The zero-order chi connectivity index (χ0) is 18.3. The molecule has 4 rings (SSSR count). The van der Waals surface area contributed by atoms with Crippen molar-refractivity contribution in [1.29, 1.82) is 0 Å². The van der Waals surface area contributed by atoms with Crippen LogP contribution in [0.2, 0.25) is 0 Å². The van der Waals surface area contributed by atoms with Gasteiger partial charge in [0.25, 0.3) is 0 Å². The van der Waals surface area contributed by atoms with Gasteiger partial charge in [0.15, 0.2) is 5.82 Å². The molecule has 130 valence electrons. The molecule has 0 amide bonds. The lowest BCUT2D eigenvalue weighted by molar-refractivity contribution is -0.137. The highest BCUT2D eigenvalue weighted by Gasteiger charge is 2.30. The van der Waals surface area contributed by atoms with E-state index in [1.165, 1.54) is 12.1 Å². The Kier molecular flexibility index (Phi) is 3.72. The van der Waals surface area contributed by atoms with Gasteiger partial charge in [-0.2, -0.15) is 13.2 Å². The average molecular weight is 355 g/mol. The highest BCUT2D eigenvalue weighted by atomic mass is 19.4. The van der Waals surface area contributed by atoms with Gasteiger partial charge in [0.2, 0.25) is 5.58 Å². The first kappa shape index (κ1) is 16.3. The molecule has 4 aromatic rings. The van der Waals surface area contributed by atoms with E-state index in [1.54, 1.807) is 6.92 Å². The largest absolute Gasteiger partial charge is 0.416 e. The summed E-state index contributed by atoms with van der Waals surface area (Å²) in [6, 6.07) is 14.1. The lowest BCUT2D eigenvalue weighted by Crippen LogP contribution is -2.04. The van der Waals surface area contributed by atoms with Crippen LogP contribution in [0.1, 0.15) is 11.3 Å². The van der Waals surface area contributed by atoms with Gasteiger partial charge in [-0.1, -0.05) is 47.6 Å². The smallest absolute Gasteiger partial charge is 0.352 e. The summed E-state index contributed by atoms with van der Waals surface area (Å²) in [5.74, 6) is 0.458. The lowest BCUT2D eigenvalue weighted by atomic mass is 10.1. The summed E-state index contributed by atoms with van der Waals surface area (Å²) >= 11 is 0. The van der Waals surface area contributed by atoms with Crippen LogP contribution in [0, 0.1) is 6.92 Å². The molecule has 7 heteroatoms. The molecule has 0 unspecified atom stereocenters. The van der Waals surface area contributed by atoms with Crippen LogP contribution in [0.15, 0.2) is 59.1 Å². The highest BCUT2D eigenvalue weighted by molar-refractivity contribution is 5.90. The molecule has 2 aromatic carbocycles. The van der Waals surface area contributed by atoms with Gasteiger partial charge in [-0.05, 0) is 19.1 Å². The minimum atomic E-state index is -4.39. The molecule has 0 atom stereocenters. The third-order valence-corrected chi connectivity index (χ3v) is 4.00. The first-order valence-corrected chi connectivity index (χ1v) is 7.80. The van der Waals surface area contributed by atoms with E-state index in [9.17, 15) is 13.2 Å². The minimum absolute atomic E-state index is 0.349. The third-order valence-electron chi connectivity index (χ3n) is 4.00. The Balaban J connectivity index is 1.91. The molecule has 0 N–H and O–H groups in total. The molecule has 0 saturated heterocycles. The molecule has 0 fully saturated rings. The van der Waals surface area contributed by atoms with Crippen LogP contribution in [-0.4, -0.2) is 15.1 Å². The molecular formula is C19H12F3N3O. The van der Waals surface area contributed by atoms with Crippen LogP contribution in [0.25, 0.3) is 33.7 Å². The first-order chi connectivity index (χ1) is 12.4. The van der Waals surface area contributed by atoms with E-state index in [-0.39, 0.29) is 0 Å². The van der Waals surface area contributed by atoms with Crippen molar-refractivity contribution in [3.05, 3.63) is 65.9 Å². The number of hydrogen-bond donors (Lipinski definition) is 0. The minimum Gasteiger partial charge on any atom is -0.352 e. The van der Waals surface area contributed by atoms with E-state index in [0.717, 1.165) is 17.7 Å². The van der Waals surface area contributed by atoms with Crippen molar-refractivity contribution in [3.63, 3.8) is 0 Å². The van der Waals surface area contributed by atoms with Crippen molar-refractivity contribution in [1.82, 2.24) is 15.1 Å². The first-order valence-electron chi connectivity index (χ1n) is 7.80. The molecule has 2 heterocycles.